The van der Waals surface area contributed by atoms with Gasteiger partial charge in [0.25, 0.3) is 0 Å². The Morgan fingerprint density at radius 1 is 1.53 bits per heavy atom. The maximum absolute atomic E-state index is 11.0. The van der Waals surface area contributed by atoms with Gasteiger partial charge in [-0.3, -0.25) is 9.69 Å². The van der Waals surface area contributed by atoms with E-state index in [2.05, 4.69) is 17.1 Å². The molecule has 0 aromatic rings. The molecule has 1 unspecified atom stereocenters. The molecule has 1 rings (SSSR count). The number of hydrogen-bond acceptors (Lipinski definition) is 3. The highest BCUT2D eigenvalue weighted by Crippen LogP contribution is 2.15. The van der Waals surface area contributed by atoms with Crippen LogP contribution in [0.5, 0.6) is 0 Å². The Bertz CT molecular complexity index is 203. The molecule has 1 atom stereocenters. The van der Waals surface area contributed by atoms with E-state index in [4.69, 9.17) is 5.11 Å². The fourth-order valence-corrected chi connectivity index (χ4v) is 2.23. The van der Waals surface area contributed by atoms with E-state index >= 15 is 0 Å². The van der Waals surface area contributed by atoms with Crippen LogP contribution in [0.2, 0.25) is 0 Å². The Kier molecular flexibility index (Phi) is 5.05. The highest BCUT2D eigenvalue weighted by molar-refractivity contribution is 5.72. The zero-order chi connectivity index (χ0) is 11.3. The summed E-state index contributed by atoms with van der Waals surface area (Å²) in [6.45, 7) is 6.80. The van der Waals surface area contributed by atoms with E-state index in [1.54, 1.807) is 6.92 Å². The highest BCUT2D eigenvalue weighted by atomic mass is 16.4. The SMILES string of the molecule is CCCN(C1CCNCC1)C(C)C(=O)O. The van der Waals surface area contributed by atoms with Gasteiger partial charge in [-0.1, -0.05) is 6.92 Å². The van der Waals surface area contributed by atoms with Gasteiger partial charge in [-0.25, -0.2) is 0 Å². The lowest BCUT2D eigenvalue weighted by atomic mass is 10.0. The van der Waals surface area contributed by atoms with Gasteiger partial charge in [0.1, 0.15) is 6.04 Å². The molecule has 0 aromatic heterocycles. The molecule has 1 saturated heterocycles. The van der Waals surface area contributed by atoms with Crippen molar-refractivity contribution >= 4 is 5.97 Å². The maximum Gasteiger partial charge on any atom is 0.320 e. The third-order valence-electron chi connectivity index (χ3n) is 3.11. The van der Waals surface area contributed by atoms with E-state index in [0.29, 0.717) is 6.04 Å². The van der Waals surface area contributed by atoms with E-state index in [1.165, 1.54) is 0 Å². The summed E-state index contributed by atoms with van der Waals surface area (Å²) < 4.78 is 0. The lowest BCUT2D eigenvalue weighted by Crippen LogP contribution is -2.50. The molecule has 1 aliphatic heterocycles. The Labute approximate surface area is 91.6 Å². The summed E-state index contributed by atoms with van der Waals surface area (Å²) in [5.41, 5.74) is 0. The number of carboxylic acids is 1. The minimum Gasteiger partial charge on any atom is -0.480 e. The molecule has 0 aromatic carbocycles. The molecule has 0 amide bonds. The first kappa shape index (κ1) is 12.5. The summed E-state index contributed by atoms with van der Waals surface area (Å²) in [6, 6.07) is 0.0883. The molecule has 1 fully saturated rings. The third-order valence-corrected chi connectivity index (χ3v) is 3.11. The lowest BCUT2D eigenvalue weighted by Gasteiger charge is -2.36. The first-order valence-corrected chi connectivity index (χ1v) is 5.86. The summed E-state index contributed by atoms with van der Waals surface area (Å²) >= 11 is 0. The number of carbonyl (C=O) groups is 1. The van der Waals surface area contributed by atoms with E-state index < -0.39 is 5.97 Å². The van der Waals surface area contributed by atoms with E-state index in [9.17, 15) is 4.79 Å². The minimum absolute atomic E-state index is 0.354. The van der Waals surface area contributed by atoms with Crippen LogP contribution in [0.15, 0.2) is 0 Å². The molecule has 0 spiro atoms. The number of hydrogen-bond donors (Lipinski definition) is 2. The zero-order valence-electron chi connectivity index (χ0n) is 9.70. The molecule has 4 nitrogen and oxygen atoms in total. The van der Waals surface area contributed by atoms with Gasteiger partial charge in [0.05, 0.1) is 0 Å². The van der Waals surface area contributed by atoms with Gasteiger partial charge in [-0.15, -0.1) is 0 Å². The average Bonchev–Trinajstić information content (AvgIpc) is 2.26. The lowest BCUT2D eigenvalue weighted by molar-refractivity contribution is -0.143. The largest absolute Gasteiger partial charge is 0.480 e. The van der Waals surface area contributed by atoms with Crippen LogP contribution in [0.25, 0.3) is 0 Å². The van der Waals surface area contributed by atoms with Crippen molar-refractivity contribution in [1.82, 2.24) is 10.2 Å². The summed E-state index contributed by atoms with van der Waals surface area (Å²) in [7, 11) is 0. The second-order valence-electron chi connectivity index (χ2n) is 4.23. The molecular formula is C11H22N2O2. The van der Waals surface area contributed by atoms with Crippen molar-refractivity contribution in [2.75, 3.05) is 19.6 Å². The van der Waals surface area contributed by atoms with E-state index in [-0.39, 0.29) is 6.04 Å². The Morgan fingerprint density at radius 3 is 2.60 bits per heavy atom. The number of carboxylic acid groups (broad SMARTS) is 1. The van der Waals surface area contributed by atoms with Gasteiger partial charge in [0.2, 0.25) is 0 Å². The van der Waals surface area contributed by atoms with Crippen LogP contribution < -0.4 is 5.32 Å². The van der Waals surface area contributed by atoms with Crippen LogP contribution in [-0.2, 0) is 4.79 Å². The molecule has 4 heteroatoms. The monoisotopic (exact) mass is 214 g/mol. The first-order chi connectivity index (χ1) is 7.16. The average molecular weight is 214 g/mol. The van der Waals surface area contributed by atoms with Gasteiger partial charge >= 0.3 is 5.97 Å². The number of piperidine rings is 1. The highest BCUT2D eigenvalue weighted by Gasteiger charge is 2.27. The maximum atomic E-state index is 11.0. The number of nitrogens with zero attached hydrogens (tertiary/aromatic N) is 1. The number of aliphatic carboxylic acids is 1. The van der Waals surface area contributed by atoms with Crippen molar-refractivity contribution in [2.24, 2.45) is 0 Å². The molecule has 0 radical (unpaired) electrons. The quantitative estimate of drug-likeness (QED) is 0.714. The summed E-state index contributed by atoms with van der Waals surface area (Å²) in [6.07, 6.45) is 3.15. The number of nitrogens with one attached hydrogen (secondary N) is 1. The van der Waals surface area contributed by atoms with Crippen molar-refractivity contribution in [3.05, 3.63) is 0 Å². The smallest absolute Gasteiger partial charge is 0.320 e. The Morgan fingerprint density at radius 2 is 2.13 bits per heavy atom. The summed E-state index contributed by atoms with van der Waals surface area (Å²) in [5.74, 6) is -0.706. The number of rotatable bonds is 5. The fraction of sp³-hybridized carbons (Fsp3) is 0.909. The zero-order valence-corrected chi connectivity index (χ0v) is 9.70. The molecule has 0 aliphatic carbocycles. The molecule has 0 bridgehead atoms. The minimum atomic E-state index is -0.706. The van der Waals surface area contributed by atoms with Crippen molar-refractivity contribution < 1.29 is 9.90 Å². The van der Waals surface area contributed by atoms with Crippen molar-refractivity contribution in [1.29, 1.82) is 0 Å². The van der Waals surface area contributed by atoms with Gasteiger partial charge in [-0.2, -0.15) is 0 Å². The predicted octanol–water partition coefficient (Wildman–Crippen LogP) is 0.923. The Hall–Kier alpha value is -0.610. The van der Waals surface area contributed by atoms with Crippen molar-refractivity contribution in [2.45, 2.75) is 45.2 Å². The topological polar surface area (TPSA) is 52.6 Å². The van der Waals surface area contributed by atoms with Gasteiger partial charge < -0.3 is 10.4 Å². The predicted molar refractivity (Wildman–Crippen MR) is 60.0 cm³/mol. The van der Waals surface area contributed by atoms with Crippen LogP contribution in [0, 0.1) is 0 Å². The molecule has 1 heterocycles. The molecule has 1 aliphatic rings. The second kappa shape index (κ2) is 6.08. The van der Waals surface area contributed by atoms with Crippen LogP contribution in [0.1, 0.15) is 33.1 Å². The summed E-state index contributed by atoms with van der Waals surface area (Å²) in [4.78, 5) is 13.1. The van der Waals surface area contributed by atoms with Crippen LogP contribution >= 0.6 is 0 Å². The Balaban J connectivity index is 2.58. The van der Waals surface area contributed by atoms with Gasteiger partial charge in [0, 0.05) is 6.04 Å². The van der Waals surface area contributed by atoms with E-state index in [0.717, 1.165) is 38.9 Å². The standard InChI is InChI=1S/C11H22N2O2/c1-3-8-13(9(2)11(14)15)10-4-6-12-7-5-10/h9-10,12H,3-8H2,1-2H3,(H,14,15). The van der Waals surface area contributed by atoms with E-state index in [1.807, 2.05) is 0 Å². The van der Waals surface area contributed by atoms with Crippen LogP contribution in [-0.4, -0.2) is 47.7 Å². The molecule has 2 N–H and O–H groups in total. The van der Waals surface area contributed by atoms with Crippen molar-refractivity contribution in [3.63, 3.8) is 0 Å². The van der Waals surface area contributed by atoms with Gasteiger partial charge in [-0.05, 0) is 45.8 Å². The van der Waals surface area contributed by atoms with Crippen LogP contribution in [0.4, 0.5) is 0 Å². The molecule has 0 saturated carbocycles. The second-order valence-corrected chi connectivity index (χ2v) is 4.23. The fourth-order valence-electron chi connectivity index (χ4n) is 2.23. The third kappa shape index (κ3) is 3.47. The molecule has 15 heavy (non-hydrogen) atoms. The van der Waals surface area contributed by atoms with Crippen molar-refractivity contribution in [3.8, 4) is 0 Å². The van der Waals surface area contributed by atoms with Gasteiger partial charge in [0.15, 0.2) is 0 Å². The molecule has 88 valence electrons. The molecular weight excluding hydrogens is 192 g/mol. The first-order valence-electron chi connectivity index (χ1n) is 5.86. The summed E-state index contributed by atoms with van der Waals surface area (Å²) in [5, 5.41) is 12.4. The van der Waals surface area contributed by atoms with Crippen LogP contribution in [0.3, 0.4) is 0 Å². The normalized spacial score (nSPS) is 20.5.